The summed E-state index contributed by atoms with van der Waals surface area (Å²) in [4.78, 5) is 5.51. The van der Waals surface area contributed by atoms with Gasteiger partial charge in [-0.1, -0.05) is 16.8 Å². The zero-order valence-electron chi connectivity index (χ0n) is 10.7. The topological polar surface area (TPSA) is 64.9 Å². The van der Waals surface area contributed by atoms with E-state index in [2.05, 4.69) is 10.1 Å². The summed E-state index contributed by atoms with van der Waals surface area (Å²) in [7, 11) is 0. The van der Waals surface area contributed by atoms with Crippen LogP contribution in [0.4, 0.5) is 0 Å². The first-order chi connectivity index (χ1) is 9.16. The Bertz CT molecular complexity index is 569. The van der Waals surface area contributed by atoms with Crippen molar-refractivity contribution in [2.75, 3.05) is 0 Å². The molecule has 1 aliphatic carbocycles. The molecular weight excluding hydrogens is 317 g/mol. The van der Waals surface area contributed by atoms with Gasteiger partial charge in [0.2, 0.25) is 5.89 Å². The maximum absolute atomic E-state index is 6.15. The number of thioether (sulfide) groups is 1. The van der Waals surface area contributed by atoms with E-state index in [1.165, 1.54) is 0 Å². The molecule has 0 bridgehead atoms. The van der Waals surface area contributed by atoms with E-state index in [9.17, 15) is 0 Å². The second-order valence-corrected chi connectivity index (χ2v) is 6.25. The van der Waals surface area contributed by atoms with Gasteiger partial charge in [0.1, 0.15) is 0 Å². The molecule has 1 heterocycles. The van der Waals surface area contributed by atoms with Crippen molar-refractivity contribution < 1.29 is 4.52 Å². The molecule has 0 amide bonds. The van der Waals surface area contributed by atoms with Gasteiger partial charge in [-0.3, -0.25) is 0 Å². The lowest BCUT2D eigenvalue weighted by atomic mass is 9.77. The molecular formula is C13H15Cl2N3OS. The Morgan fingerprint density at radius 2 is 2.00 bits per heavy atom. The van der Waals surface area contributed by atoms with Crippen molar-refractivity contribution in [2.24, 2.45) is 5.73 Å². The Labute approximate surface area is 132 Å². The lowest BCUT2D eigenvalue weighted by Gasteiger charge is -2.34. The Hall–Kier alpha value is -0.750. The van der Waals surface area contributed by atoms with Gasteiger partial charge in [0, 0.05) is 9.92 Å². The van der Waals surface area contributed by atoms with Crippen molar-refractivity contribution in [3.63, 3.8) is 0 Å². The van der Waals surface area contributed by atoms with Crippen LogP contribution < -0.4 is 5.73 Å². The fraction of sp³-hybridized carbons (Fsp3) is 0.385. The van der Waals surface area contributed by atoms with E-state index in [1.807, 2.05) is 24.3 Å². The number of aromatic nitrogens is 2. The van der Waals surface area contributed by atoms with E-state index in [-0.39, 0.29) is 17.9 Å². The van der Waals surface area contributed by atoms with Gasteiger partial charge in [-0.15, -0.1) is 24.2 Å². The summed E-state index contributed by atoms with van der Waals surface area (Å²) >= 11 is 7.48. The summed E-state index contributed by atoms with van der Waals surface area (Å²) < 4.78 is 5.24. The van der Waals surface area contributed by atoms with E-state index >= 15 is 0 Å². The van der Waals surface area contributed by atoms with Crippen LogP contribution in [0.5, 0.6) is 0 Å². The molecule has 0 spiro atoms. The van der Waals surface area contributed by atoms with Crippen LogP contribution in [0.3, 0.4) is 0 Å². The minimum absolute atomic E-state index is 0. The zero-order chi connectivity index (χ0) is 13.3. The molecule has 0 radical (unpaired) electrons. The first-order valence-corrected chi connectivity index (χ1v) is 7.52. The first-order valence-electron chi connectivity index (χ1n) is 6.16. The molecule has 1 saturated carbocycles. The fourth-order valence-electron chi connectivity index (χ4n) is 1.97. The first kappa shape index (κ1) is 15.6. The van der Waals surface area contributed by atoms with E-state index in [4.69, 9.17) is 21.9 Å². The van der Waals surface area contributed by atoms with Crippen LogP contribution in [-0.4, -0.2) is 10.1 Å². The highest BCUT2D eigenvalue weighted by atomic mass is 35.5. The Balaban J connectivity index is 0.00000147. The molecule has 20 heavy (non-hydrogen) atoms. The van der Waals surface area contributed by atoms with Crippen molar-refractivity contribution in [3.8, 4) is 0 Å². The lowest BCUT2D eigenvalue weighted by molar-refractivity contribution is 0.229. The minimum atomic E-state index is -0.354. The molecule has 0 saturated heterocycles. The third kappa shape index (κ3) is 3.28. The predicted octanol–water partition coefficient (Wildman–Crippen LogP) is 3.78. The van der Waals surface area contributed by atoms with Crippen molar-refractivity contribution in [1.82, 2.24) is 10.1 Å². The van der Waals surface area contributed by atoms with E-state index in [1.54, 1.807) is 11.8 Å². The Kier molecular flexibility index (Phi) is 4.96. The van der Waals surface area contributed by atoms with Crippen molar-refractivity contribution >= 4 is 35.8 Å². The molecule has 108 valence electrons. The molecule has 3 rings (SSSR count). The van der Waals surface area contributed by atoms with Crippen LogP contribution >= 0.6 is 35.8 Å². The SMILES string of the molecule is Cl.NC1(c2noc(CSc3ccc(Cl)cc3)n2)CCC1. The van der Waals surface area contributed by atoms with Crippen LogP contribution in [0.15, 0.2) is 33.7 Å². The zero-order valence-corrected chi connectivity index (χ0v) is 13.1. The van der Waals surface area contributed by atoms with Gasteiger partial charge >= 0.3 is 0 Å². The summed E-state index contributed by atoms with van der Waals surface area (Å²) in [6.07, 6.45) is 3.02. The van der Waals surface area contributed by atoms with Gasteiger partial charge in [0.15, 0.2) is 5.82 Å². The van der Waals surface area contributed by atoms with Crippen LogP contribution in [0.2, 0.25) is 5.02 Å². The van der Waals surface area contributed by atoms with Gasteiger partial charge in [-0.05, 0) is 43.5 Å². The number of hydrogen-bond donors (Lipinski definition) is 1. The Morgan fingerprint density at radius 1 is 1.30 bits per heavy atom. The van der Waals surface area contributed by atoms with Gasteiger partial charge in [-0.25, -0.2) is 0 Å². The fourth-order valence-corrected chi connectivity index (χ4v) is 2.83. The lowest BCUT2D eigenvalue weighted by Crippen LogP contribution is -2.44. The van der Waals surface area contributed by atoms with Gasteiger partial charge in [0.05, 0.1) is 11.3 Å². The molecule has 1 fully saturated rings. The summed E-state index contributed by atoms with van der Waals surface area (Å²) in [5.41, 5.74) is 5.80. The molecule has 0 aliphatic heterocycles. The monoisotopic (exact) mass is 331 g/mol. The smallest absolute Gasteiger partial charge is 0.237 e. The highest BCUT2D eigenvalue weighted by Crippen LogP contribution is 2.37. The highest BCUT2D eigenvalue weighted by molar-refractivity contribution is 7.98. The number of hydrogen-bond acceptors (Lipinski definition) is 5. The maximum atomic E-state index is 6.15. The molecule has 2 aromatic rings. The molecule has 1 aromatic heterocycles. The standard InChI is InChI=1S/C13H14ClN3OS.ClH/c14-9-2-4-10(5-3-9)19-8-11-16-12(17-18-11)13(15)6-1-7-13;/h2-5H,1,6-8,15H2;1H. The third-order valence-electron chi connectivity index (χ3n) is 3.34. The molecule has 1 aliphatic rings. The number of rotatable bonds is 4. The maximum Gasteiger partial charge on any atom is 0.237 e. The molecule has 4 nitrogen and oxygen atoms in total. The molecule has 2 N–H and O–H groups in total. The number of halogens is 2. The largest absolute Gasteiger partial charge is 0.338 e. The second kappa shape index (κ2) is 6.35. The van der Waals surface area contributed by atoms with Crippen molar-refractivity contribution in [1.29, 1.82) is 0 Å². The summed E-state index contributed by atoms with van der Waals surface area (Å²) in [6.45, 7) is 0. The third-order valence-corrected chi connectivity index (χ3v) is 4.58. The van der Waals surface area contributed by atoms with E-state index < -0.39 is 0 Å². The average molecular weight is 332 g/mol. The predicted molar refractivity (Wildman–Crippen MR) is 82.3 cm³/mol. The average Bonchev–Trinajstić information content (AvgIpc) is 2.84. The quantitative estimate of drug-likeness (QED) is 0.863. The van der Waals surface area contributed by atoms with Gasteiger partial charge in [-0.2, -0.15) is 4.98 Å². The minimum Gasteiger partial charge on any atom is -0.338 e. The van der Waals surface area contributed by atoms with Gasteiger partial charge < -0.3 is 10.3 Å². The highest BCUT2D eigenvalue weighted by Gasteiger charge is 2.38. The summed E-state index contributed by atoms with van der Waals surface area (Å²) in [5.74, 6) is 1.90. The molecule has 1 aromatic carbocycles. The van der Waals surface area contributed by atoms with Crippen molar-refractivity contribution in [2.45, 2.75) is 35.4 Å². The number of nitrogens with zero attached hydrogens (tertiary/aromatic N) is 2. The van der Waals surface area contributed by atoms with Crippen LogP contribution in [0.25, 0.3) is 0 Å². The van der Waals surface area contributed by atoms with Crippen LogP contribution in [0, 0.1) is 0 Å². The van der Waals surface area contributed by atoms with Crippen LogP contribution in [0.1, 0.15) is 31.0 Å². The van der Waals surface area contributed by atoms with Gasteiger partial charge in [0.25, 0.3) is 0 Å². The number of benzene rings is 1. The van der Waals surface area contributed by atoms with Crippen molar-refractivity contribution in [3.05, 3.63) is 41.0 Å². The normalized spacial score (nSPS) is 16.3. The summed E-state index contributed by atoms with van der Waals surface area (Å²) in [5, 5.41) is 4.73. The van der Waals surface area contributed by atoms with Crippen LogP contribution in [-0.2, 0) is 11.3 Å². The molecule has 0 unspecified atom stereocenters. The van der Waals surface area contributed by atoms with E-state index in [0.29, 0.717) is 17.5 Å². The summed E-state index contributed by atoms with van der Waals surface area (Å²) in [6, 6.07) is 7.68. The molecule has 0 atom stereocenters. The second-order valence-electron chi connectivity index (χ2n) is 4.76. The number of nitrogens with two attached hydrogens (primary N) is 1. The molecule has 7 heteroatoms. The Morgan fingerprint density at radius 3 is 2.60 bits per heavy atom. The van der Waals surface area contributed by atoms with E-state index in [0.717, 1.165) is 29.2 Å².